The molecular formula is C29H37N7O10. The summed E-state index contributed by atoms with van der Waals surface area (Å²) in [6, 6.07) is 4.64. The van der Waals surface area contributed by atoms with Crippen molar-refractivity contribution < 1.29 is 38.4 Å². The first-order valence-electron chi connectivity index (χ1n) is 14.0. The summed E-state index contributed by atoms with van der Waals surface area (Å²) in [5.41, 5.74) is 8.82. The molecule has 6 N–H and O–H groups in total. The van der Waals surface area contributed by atoms with E-state index in [-0.39, 0.29) is 79.0 Å². The molecular weight excluding hydrogens is 606 g/mol. The maximum absolute atomic E-state index is 11.9. The van der Waals surface area contributed by atoms with Gasteiger partial charge in [-0.1, -0.05) is 12.2 Å². The summed E-state index contributed by atoms with van der Waals surface area (Å²) in [7, 11) is 1.71. The van der Waals surface area contributed by atoms with Gasteiger partial charge in [0.05, 0.1) is 20.9 Å². The van der Waals surface area contributed by atoms with Gasteiger partial charge < -0.3 is 41.2 Å². The number of hydrogen-bond donors (Lipinski definition) is 4. The second-order valence-corrected chi connectivity index (χ2v) is 11.6. The number of carbonyl (C=O) groups excluding carboxylic acids is 3. The van der Waals surface area contributed by atoms with Crippen LogP contribution in [0.1, 0.15) is 41.5 Å². The Morgan fingerprint density at radius 1 is 0.891 bits per heavy atom. The van der Waals surface area contributed by atoms with Crippen LogP contribution >= 0.6 is 0 Å². The van der Waals surface area contributed by atoms with Gasteiger partial charge in [0.25, 0.3) is 11.4 Å². The number of benzene rings is 2. The normalized spacial score (nSPS) is 16.3. The summed E-state index contributed by atoms with van der Waals surface area (Å²) >= 11 is 0. The monoisotopic (exact) mass is 643 g/mol. The second kappa shape index (κ2) is 14.6. The Kier molecular flexibility index (Phi) is 11.1. The molecule has 0 atom stereocenters. The van der Waals surface area contributed by atoms with Crippen molar-refractivity contribution in [2.24, 2.45) is 16.9 Å². The van der Waals surface area contributed by atoms with E-state index in [0.717, 1.165) is 12.1 Å². The molecule has 0 aliphatic carbocycles. The van der Waals surface area contributed by atoms with Crippen LogP contribution < -0.4 is 31.6 Å². The first-order chi connectivity index (χ1) is 21.6. The molecule has 4 rings (SSSR count). The van der Waals surface area contributed by atoms with Crippen molar-refractivity contribution in [3.63, 3.8) is 0 Å². The fourth-order valence-electron chi connectivity index (χ4n) is 4.42. The molecule has 46 heavy (non-hydrogen) atoms. The Hall–Kier alpha value is -5.45. The summed E-state index contributed by atoms with van der Waals surface area (Å²) in [5.74, 6) is -1.82. The first kappa shape index (κ1) is 35.0. The van der Waals surface area contributed by atoms with Gasteiger partial charge in [-0.2, -0.15) is 0 Å². The number of carbonyl (C=O) groups is 3. The Morgan fingerprint density at radius 3 is 1.59 bits per heavy atom. The van der Waals surface area contributed by atoms with Gasteiger partial charge in [0.15, 0.2) is 11.4 Å². The van der Waals surface area contributed by atoms with Crippen molar-refractivity contribution in [3.05, 3.63) is 67.8 Å². The van der Waals surface area contributed by atoms with Gasteiger partial charge in [0.1, 0.15) is 24.7 Å². The minimum atomic E-state index is -0.895. The highest BCUT2D eigenvalue weighted by Gasteiger charge is 2.45. The van der Waals surface area contributed by atoms with Crippen molar-refractivity contribution in [1.29, 1.82) is 0 Å². The van der Waals surface area contributed by atoms with Crippen LogP contribution in [0.3, 0.4) is 0 Å². The van der Waals surface area contributed by atoms with E-state index in [9.17, 15) is 34.6 Å². The van der Waals surface area contributed by atoms with Crippen LogP contribution in [0, 0.1) is 25.6 Å². The molecule has 1 saturated heterocycles. The largest absolute Gasteiger partial charge is 0.490 e. The molecule has 2 aromatic rings. The Morgan fingerprint density at radius 2 is 1.28 bits per heavy atom. The number of likely N-dealkylation sites (tertiary alicyclic amines) is 1. The predicted octanol–water partition coefficient (Wildman–Crippen LogP) is 2.44. The molecule has 17 nitrogen and oxygen atoms in total. The van der Waals surface area contributed by atoms with Crippen molar-refractivity contribution in [3.8, 4) is 11.5 Å². The van der Waals surface area contributed by atoms with E-state index in [2.05, 4.69) is 10.6 Å². The molecule has 2 aliphatic rings. The molecule has 248 valence electrons. The number of nitrogens with zero attached hydrogens (tertiary/aromatic N) is 3. The number of nitro groups is 2. The number of hydrogen-bond acceptors (Lipinski definition) is 12. The third-order valence-corrected chi connectivity index (χ3v) is 6.99. The van der Waals surface area contributed by atoms with E-state index in [1.165, 1.54) is 17.0 Å². The quantitative estimate of drug-likeness (QED) is 0.159. The molecule has 0 bridgehead atoms. The van der Waals surface area contributed by atoms with Gasteiger partial charge in [-0.15, -0.1) is 0 Å². The molecule has 3 amide bonds. The lowest BCUT2D eigenvalue weighted by atomic mass is 9.81. The topological polar surface area (TPSA) is 245 Å². The van der Waals surface area contributed by atoms with Gasteiger partial charge in [-0.3, -0.25) is 34.6 Å². The van der Waals surface area contributed by atoms with Crippen LogP contribution in [0.5, 0.6) is 11.5 Å². The highest BCUT2D eigenvalue weighted by molar-refractivity contribution is 5.96. The predicted molar refractivity (Wildman–Crippen MR) is 167 cm³/mol. The maximum Gasteiger partial charge on any atom is 0.296 e. The van der Waals surface area contributed by atoms with Crippen molar-refractivity contribution >= 4 is 41.0 Å². The maximum atomic E-state index is 11.9. The number of nitro benzene ring substituents is 2. The fourth-order valence-corrected chi connectivity index (χ4v) is 4.42. The molecule has 17 heteroatoms. The van der Waals surface area contributed by atoms with Gasteiger partial charge in [-0.05, 0) is 32.9 Å². The number of anilines is 2. The number of fused-ring (bicyclic) bond motifs is 2. The minimum Gasteiger partial charge on any atom is -0.490 e. The third-order valence-electron chi connectivity index (χ3n) is 6.99. The minimum absolute atomic E-state index is 0.00939. The molecule has 1 spiro atoms. The number of primary amides is 2. The van der Waals surface area contributed by atoms with E-state index in [1.807, 2.05) is 20.8 Å². The number of nitrogens with one attached hydrogen (secondary N) is 2. The smallest absolute Gasteiger partial charge is 0.296 e. The Bertz CT molecular complexity index is 1440. The van der Waals surface area contributed by atoms with Crippen molar-refractivity contribution in [1.82, 2.24) is 4.90 Å². The summed E-state index contributed by atoms with van der Waals surface area (Å²) in [4.78, 5) is 58.8. The average Bonchev–Trinajstić information content (AvgIpc) is 2.97. The molecule has 0 aromatic heterocycles. The van der Waals surface area contributed by atoms with Crippen LogP contribution in [0.2, 0.25) is 0 Å². The zero-order valence-corrected chi connectivity index (χ0v) is 25.9. The van der Waals surface area contributed by atoms with Gasteiger partial charge in [-0.25, -0.2) is 0 Å². The molecule has 1 fully saturated rings. The zero-order chi connectivity index (χ0) is 34.2. The molecule has 2 aliphatic heterocycles. The molecule has 0 radical (unpaired) electrons. The summed E-state index contributed by atoms with van der Waals surface area (Å²) < 4.78 is 16.9. The summed E-state index contributed by atoms with van der Waals surface area (Å²) in [6.07, 6.45) is 3.85. The van der Waals surface area contributed by atoms with Gasteiger partial charge in [0, 0.05) is 56.5 Å². The number of rotatable bonds is 5. The number of amides is 3. The fraction of sp³-hybridized carbons (Fsp3) is 0.414. The standard InChI is InChI=1S/C24H25N7O9.C5H12O/c25-22(33)14-5-16(30(35)36)20-18(7-14)39-11-24(9-29(10-24)13-32)12-40-19-8-15(23(26)34)6-17(31(37)38)21(19)28-4-2-1-3-27-20;1-5(2,3)6-4/h1-2,5-8,13,27-28H,3-4,9-12H2,(H2,25,33)(H2,26,34);1-4H3/b2-1+;. The van der Waals surface area contributed by atoms with E-state index in [4.69, 9.17) is 25.7 Å². The zero-order valence-electron chi connectivity index (χ0n) is 25.9. The Balaban J connectivity index is 0.000000875. The number of methoxy groups -OCH3 is 1. The van der Waals surface area contributed by atoms with E-state index in [0.29, 0.717) is 6.41 Å². The molecule has 2 heterocycles. The Labute approximate surface area is 264 Å². The lowest BCUT2D eigenvalue weighted by Crippen LogP contribution is -2.61. The van der Waals surface area contributed by atoms with Crippen LogP contribution in [-0.2, 0) is 9.53 Å². The molecule has 0 unspecified atom stereocenters. The highest BCUT2D eigenvalue weighted by atomic mass is 16.6. The van der Waals surface area contributed by atoms with Gasteiger partial charge in [0.2, 0.25) is 18.2 Å². The van der Waals surface area contributed by atoms with Crippen LogP contribution in [-0.4, -0.2) is 85.1 Å². The van der Waals surface area contributed by atoms with Crippen molar-refractivity contribution in [2.75, 3.05) is 57.1 Å². The second-order valence-electron chi connectivity index (χ2n) is 11.6. The number of nitrogens with two attached hydrogens (primary N) is 2. The molecule has 2 aromatic carbocycles. The average molecular weight is 644 g/mol. The number of ether oxygens (including phenoxy) is 3. The third kappa shape index (κ3) is 8.81. The lowest BCUT2D eigenvalue weighted by Gasteiger charge is -2.47. The van der Waals surface area contributed by atoms with E-state index in [1.54, 1.807) is 19.3 Å². The lowest BCUT2D eigenvalue weighted by molar-refractivity contribution is -0.384. The van der Waals surface area contributed by atoms with Crippen molar-refractivity contribution in [2.45, 2.75) is 26.4 Å². The van der Waals surface area contributed by atoms with E-state index < -0.39 is 38.5 Å². The summed E-state index contributed by atoms with van der Waals surface area (Å²) in [6.45, 7) is 6.32. The van der Waals surface area contributed by atoms with Crippen LogP contribution in [0.15, 0.2) is 36.4 Å². The van der Waals surface area contributed by atoms with Gasteiger partial charge >= 0.3 is 0 Å². The highest BCUT2D eigenvalue weighted by Crippen LogP contribution is 2.41. The SMILES string of the molecule is COC(C)(C)C.NC(=O)c1cc2c(c([N+](=O)[O-])c1)NC/C=C/CNc1c(cc(C(N)=O)cc1[N+](=O)[O-])OCC1(CO2)CN(C=O)C1. The first-order valence-corrected chi connectivity index (χ1v) is 14.0. The van der Waals surface area contributed by atoms with Crippen LogP contribution in [0.4, 0.5) is 22.7 Å². The van der Waals surface area contributed by atoms with Crippen LogP contribution in [0.25, 0.3) is 0 Å². The molecule has 0 saturated carbocycles. The summed E-state index contributed by atoms with van der Waals surface area (Å²) in [5, 5.41) is 29.4. The van der Waals surface area contributed by atoms with E-state index >= 15 is 0 Å².